The summed E-state index contributed by atoms with van der Waals surface area (Å²) >= 11 is 0. The van der Waals surface area contributed by atoms with Gasteiger partial charge in [0.05, 0.1) is 7.11 Å². The van der Waals surface area contributed by atoms with Crippen molar-refractivity contribution in [2.45, 2.75) is 12.8 Å². The molecule has 0 aliphatic carbocycles. The van der Waals surface area contributed by atoms with Gasteiger partial charge in [-0.15, -0.1) is 0 Å². The van der Waals surface area contributed by atoms with Crippen LogP contribution < -0.4 is 15.4 Å². The molecule has 2 N–H and O–H groups in total. The number of anilines is 1. The Balaban J connectivity index is 2.07. The summed E-state index contributed by atoms with van der Waals surface area (Å²) in [4.78, 5) is 2.26. The van der Waals surface area contributed by atoms with Crippen molar-refractivity contribution >= 4 is 5.69 Å². The SMILES string of the molecule is COc1cccc(N(C)CC2(CN)CCOCC2)c1. The zero-order valence-electron chi connectivity index (χ0n) is 11.9. The van der Waals surface area contributed by atoms with E-state index >= 15 is 0 Å². The third kappa shape index (κ3) is 3.39. The Hall–Kier alpha value is -1.26. The third-order valence-corrected chi connectivity index (χ3v) is 4.05. The smallest absolute Gasteiger partial charge is 0.120 e. The van der Waals surface area contributed by atoms with Crippen molar-refractivity contribution < 1.29 is 9.47 Å². The maximum absolute atomic E-state index is 6.01. The van der Waals surface area contributed by atoms with Crippen LogP contribution in [0.15, 0.2) is 24.3 Å². The Bertz CT molecular complexity index is 403. The number of hydrogen-bond donors (Lipinski definition) is 1. The molecule has 1 aliphatic rings. The zero-order chi connectivity index (χ0) is 13.7. The normalized spacial score (nSPS) is 18.1. The first-order valence-electron chi connectivity index (χ1n) is 6.82. The molecular formula is C15H24N2O2. The van der Waals surface area contributed by atoms with Gasteiger partial charge in [0.2, 0.25) is 0 Å². The summed E-state index contributed by atoms with van der Waals surface area (Å²) in [5, 5.41) is 0. The van der Waals surface area contributed by atoms with Crippen molar-refractivity contribution in [3.8, 4) is 5.75 Å². The van der Waals surface area contributed by atoms with Gasteiger partial charge in [0.15, 0.2) is 0 Å². The topological polar surface area (TPSA) is 47.7 Å². The van der Waals surface area contributed by atoms with E-state index in [-0.39, 0.29) is 5.41 Å². The Kier molecular flexibility index (Phi) is 4.66. The van der Waals surface area contributed by atoms with Crippen molar-refractivity contribution in [3.63, 3.8) is 0 Å². The molecule has 0 aromatic heterocycles. The van der Waals surface area contributed by atoms with E-state index < -0.39 is 0 Å². The second kappa shape index (κ2) is 6.26. The van der Waals surface area contributed by atoms with Gasteiger partial charge in [0.1, 0.15) is 5.75 Å². The van der Waals surface area contributed by atoms with E-state index in [0.717, 1.165) is 38.3 Å². The molecule has 0 spiro atoms. The molecule has 2 rings (SSSR count). The summed E-state index contributed by atoms with van der Waals surface area (Å²) < 4.78 is 10.7. The van der Waals surface area contributed by atoms with Gasteiger partial charge in [0.25, 0.3) is 0 Å². The number of rotatable bonds is 5. The highest BCUT2D eigenvalue weighted by Gasteiger charge is 2.32. The summed E-state index contributed by atoms with van der Waals surface area (Å²) in [5.41, 5.74) is 7.36. The summed E-state index contributed by atoms with van der Waals surface area (Å²) in [5.74, 6) is 0.887. The molecule has 1 aromatic rings. The second-order valence-electron chi connectivity index (χ2n) is 5.37. The van der Waals surface area contributed by atoms with Gasteiger partial charge >= 0.3 is 0 Å². The number of nitrogens with two attached hydrogens (primary N) is 1. The predicted octanol–water partition coefficient (Wildman–Crippen LogP) is 1.89. The van der Waals surface area contributed by atoms with Crippen molar-refractivity contribution in [3.05, 3.63) is 24.3 Å². The van der Waals surface area contributed by atoms with Crippen LogP contribution in [0.1, 0.15) is 12.8 Å². The minimum atomic E-state index is 0.177. The monoisotopic (exact) mass is 264 g/mol. The highest BCUT2D eigenvalue weighted by molar-refractivity contribution is 5.50. The molecule has 1 aromatic carbocycles. The highest BCUT2D eigenvalue weighted by Crippen LogP contribution is 2.32. The zero-order valence-corrected chi connectivity index (χ0v) is 11.9. The number of benzene rings is 1. The van der Waals surface area contributed by atoms with Crippen LogP contribution in [0.2, 0.25) is 0 Å². The number of ether oxygens (including phenoxy) is 2. The largest absolute Gasteiger partial charge is 0.497 e. The quantitative estimate of drug-likeness (QED) is 0.882. The Labute approximate surface area is 115 Å². The third-order valence-electron chi connectivity index (χ3n) is 4.05. The van der Waals surface area contributed by atoms with Crippen LogP contribution >= 0.6 is 0 Å². The molecule has 19 heavy (non-hydrogen) atoms. The van der Waals surface area contributed by atoms with Gasteiger partial charge in [-0.25, -0.2) is 0 Å². The molecule has 0 saturated carbocycles. The lowest BCUT2D eigenvalue weighted by Gasteiger charge is -2.39. The van der Waals surface area contributed by atoms with Crippen LogP contribution in [0.5, 0.6) is 5.75 Å². The fraction of sp³-hybridized carbons (Fsp3) is 0.600. The molecule has 1 fully saturated rings. The van der Waals surface area contributed by atoms with Crippen LogP contribution in [0.4, 0.5) is 5.69 Å². The van der Waals surface area contributed by atoms with Crippen LogP contribution in [0.3, 0.4) is 0 Å². The molecule has 106 valence electrons. The van der Waals surface area contributed by atoms with Gasteiger partial charge in [0, 0.05) is 44.0 Å². The maximum atomic E-state index is 6.01. The van der Waals surface area contributed by atoms with Gasteiger partial charge in [-0.05, 0) is 31.5 Å². The average molecular weight is 264 g/mol. The van der Waals surface area contributed by atoms with E-state index in [9.17, 15) is 0 Å². The molecule has 1 saturated heterocycles. The molecule has 1 aliphatic heterocycles. The molecule has 4 heteroatoms. The summed E-state index contributed by atoms with van der Waals surface area (Å²) in [6, 6.07) is 8.14. The van der Waals surface area contributed by atoms with Crippen molar-refractivity contribution in [2.24, 2.45) is 11.1 Å². The van der Waals surface area contributed by atoms with Crippen LogP contribution in [0.25, 0.3) is 0 Å². The molecule has 1 heterocycles. The van der Waals surface area contributed by atoms with Crippen LogP contribution in [0, 0.1) is 5.41 Å². The summed E-state index contributed by atoms with van der Waals surface area (Å²) in [7, 11) is 3.81. The molecule has 0 bridgehead atoms. The Morgan fingerprint density at radius 2 is 2.11 bits per heavy atom. The fourth-order valence-corrected chi connectivity index (χ4v) is 2.67. The number of hydrogen-bond acceptors (Lipinski definition) is 4. The first-order chi connectivity index (χ1) is 9.19. The van der Waals surface area contributed by atoms with Crippen molar-refractivity contribution in [2.75, 3.05) is 45.4 Å². The summed E-state index contributed by atoms with van der Waals surface area (Å²) in [6.45, 7) is 3.32. The first-order valence-corrected chi connectivity index (χ1v) is 6.82. The lowest BCUT2D eigenvalue weighted by molar-refractivity contribution is 0.0229. The van der Waals surface area contributed by atoms with Crippen molar-refractivity contribution in [1.82, 2.24) is 0 Å². The van der Waals surface area contributed by atoms with E-state index in [1.165, 1.54) is 5.69 Å². The maximum Gasteiger partial charge on any atom is 0.120 e. The van der Waals surface area contributed by atoms with E-state index in [1.807, 2.05) is 12.1 Å². The molecule has 0 atom stereocenters. The number of methoxy groups -OCH3 is 1. The van der Waals surface area contributed by atoms with Crippen LogP contribution in [-0.2, 0) is 4.74 Å². The van der Waals surface area contributed by atoms with Gasteiger partial charge in [-0.1, -0.05) is 6.07 Å². The predicted molar refractivity (Wildman–Crippen MR) is 77.8 cm³/mol. The lowest BCUT2D eigenvalue weighted by Crippen LogP contribution is -2.45. The Morgan fingerprint density at radius 1 is 1.37 bits per heavy atom. The molecule has 0 amide bonds. The lowest BCUT2D eigenvalue weighted by atomic mass is 9.80. The Morgan fingerprint density at radius 3 is 2.74 bits per heavy atom. The number of nitrogens with zero attached hydrogens (tertiary/aromatic N) is 1. The van der Waals surface area contributed by atoms with Crippen molar-refractivity contribution in [1.29, 1.82) is 0 Å². The van der Waals surface area contributed by atoms with Gasteiger partial charge < -0.3 is 20.1 Å². The standard InChI is InChI=1S/C15H24N2O2/c1-17(13-4-3-5-14(10-13)18-2)12-15(11-16)6-8-19-9-7-15/h3-5,10H,6-9,11-12,16H2,1-2H3. The minimum Gasteiger partial charge on any atom is -0.497 e. The second-order valence-corrected chi connectivity index (χ2v) is 5.37. The van der Waals surface area contributed by atoms with Crippen LogP contribution in [-0.4, -0.2) is 40.5 Å². The van der Waals surface area contributed by atoms with E-state index in [2.05, 4.69) is 24.1 Å². The van der Waals surface area contributed by atoms with E-state index in [0.29, 0.717) is 6.54 Å². The molecular weight excluding hydrogens is 240 g/mol. The fourth-order valence-electron chi connectivity index (χ4n) is 2.67. The van der Waals surface area contributed by atoms with E-state index in [4.69, 9.17) is 15.2 Å². The van der Waals surface area contributed by atoms with E-state index in [1.54, 1.807) is 7.11 Å². The molecule has 0 unspecified atom stereocenters. The average Bonchev–Trinajstić information content (AvgIpc) is 2.48. The summed E-state index contributed by atoms with van der Waals surface area (Å²) in [6.07, 6.45) is 2.08. The highest BCUT2D eigenvalue weighted by atomic mass is 16.5. The van der Waals surface area contributed by atoms with Gasteiger partial charge in [-0.2, -0.15) is 0 Å². The molecule has 4 nitrogen and oxygen atoms in total. The minimum absolute atomic E-state index is 0.177. The van der Waals surface area contributed by atoms with Gasteiger partial charge in [-0.3, -0.25) is 0 Å². The first kappa shape index (κ1) is 14.2. The molecule has 0 radical (unpaired) electrons.